The third-order valence-electron chi connectivity index (χ3n) is 3.78. The number of hydrogen-bond donors (Lipinski definition) is 1. The summed E-state index contributed by atoms with van der Waals surface area (Å²) in [5, 5.41) is 0. The van der Waals surface area contributed by atoms with Gasteiger partial charge in [0.1, 0.15) is 0 Å². The van der Waals surface area contributed by atoms with Gasteiger partial charge in [0, 0.05) is 25.2 Å². The van der Waals surface area contributed by atoms with E-state index >= 15 is 0 Å². The van der Waals surface area contributed by atoms with E-state index in [0.717, 1.165) is 32.7 Å². The molecule has 0 amide bonds. The first kappa shape index (κ1) is 9.44. The molecule has 2 aliphatic rings. The Morgan fingerprint density at radius 2 is 1.92 bits per heavy atom. The van der Waals surface area contributed by atoms with Gasteiger partial charge in [0.15, 0.2) is 0 Å². The molecule has 0 radical (unpaired) electrons. The SMILES string of the molecule is CC1(C)[C@H](N)C[C@@H]1N1CCOCC1. The van der Waals surface area contributed by atoms with Crippen molar-refractivity contribution in [3.63, 3.8) is 0 Å². The fourth-order valence-corrected chi connectivity index (χ4v) is 2.44. The zero-order chi connectivity index (χ0) is 9.47. The summed E-state index contributed by atoms with van der Waals surface area (Å²) >= 11 is 0. The number of ether oxygens (including phenoxy) is 1. The van der Waals surface area contributed by atoms with Crippen LogP contribution < -0.4 is 5.73 Å². The van der Waals surface area contributed by atoms with Gasteiger partial charge in [-0.05, 0) is 11.8 Å². The lowest BCUT2D eigenvalue weighted by Gasteiger charge is -2.55. The van der Waals surface area contributed by atoms with Crippen molar-refractivity contribution in [3.8, 4) is 0 Å². The molecular formula is C10H20N2O. The quantitative estimate of drug-likeness (QED) is 0.643. The van der Waals surface area contributed by atoms with E-state index < -0.39 is 0 Å². The molecule has 0 aromatic heterocycles. The molecule has 3 heteroatoms. The summed E-state index contributed by atoms with van der Waals surface area (Å²) in [6.45, 7) is 8.51. The normalized spacial score (nSPS) is 39.9. The minimum Gasteiger partial charge on any atom is -0.379 e. The maximum absolute atomic E-state index is 6.00. The minimum absolute atomic E-state index is 0.303. The van der Waals surface area contributed by atoms with Gasteiger partial charge in [-0.3, -0.25) is 4.90 Å². The van der Waals surface area contributed by atoms with Crippen LogP contribution in [-0.2, 0) is 4.74 Å². The van der Waals surface area contributed by atoms with Crippen molar-refractivity contribution in [1.82, 2.24) is 4.90 Å². The molecule has 0 spiro atoms. The Hall–Kier alpha value is -0.120. The predicted octanol–water partition coefficient (Wildman–Crippen LogP) is 0.444. The highest BCUT2D eigenvalue weighted by Gasteiger charge is 2.48. The Bertz CT molecular complexity index is 187. The molecule has 0 aromatic carbocycles. The second-order valence-corrected chi connectivity index (χ2v) is 4.83. The summed E-state index contributed by atoms with van der Waals surface area (Å²) in [7, 11) is 0. The van der Waals surface area contributed by atoms with E-state index in [2.05, 4.69) is 18.7 Å². The first-order valence-corrected chi connectivity index (χ1v) is 5.20. The van der Waals surface area contributed by atoms with Crippen molar-refractivity contribution in [2.75, 3.05) is 26.3 Å². The second kappa shape index (κ2) is 3.23. The summed E-state index contributed by atoms with van der Waals surface area (Å²) < 4.78 is 5.34. The number of nitrogens with zero attached hydrogens (tertiary/aromatic N) is 1. The average molecular weight is 184 g/mol. The van der Waals surface area contributed by atoms with E-state index in [1.807, 2.05) is 0 Å². The number of nitrogens with two attached hydrogens (primary N) is 1. The third kappa shape index (κ3) is 1.49. The maximum atomic E-state index is 6.00. The highest BCUT2D eigenvalue weighted by Crippen LogP contribution is 2.42. The van der Waals surface area contributed by atoms with Gasteiger partial charge in [0.2, 0.25) is 0 Å². The van der Waals surface area contributed by atoms with Crippen molar-refractivity contribution >= 4 is 0 Å². The maximum Gasteiger partial charge on any atom is 0.0594 e. The minimum atomic E-state index is 0.303. The fraction of sp³-hybridized carbons (Fsp3) is 1.00. The molecule has 0 unspecified atom stereocenters. The molecule has 1 saturated heterocycles. The Balaban J connectivity index is 1.94. The van der Waals surface area contributed by atoms with E-state index in [9.17, 15) is 0 Å². The highest BCUT2D eigenvalue weighted by molar-refractivity contribution is 5.05. The van der Waals surface area contributed by atoms with E-state index in [1.54, 1.807) is 0 Å². The molecular weight excluding hydrogens is 164 g/mol. The molecule has 2 atom stereocenters. The van der Waals surface area contributed by atoms with Gasteiger partial charge in [0.05, 0.1) is 13.2 Å². The van der Waals surface area contributed by atoms with Crippen LogP contribution in [0.25, 0.3) is 0 Å². The largest absolute Gasteiger partial charge is 0.379 e. The molecule has 0 bridgehead atoms. The van der Waals surface area contributed by atoms with Crippen molar-refractivity contribution < 1.29 is 4.74 Å². The van der Waals surface area contributed by atoms with Gasteiger partial charge in [0.25, 0.3) is 0 Å². The Morgan fingerprint density at radius 1 is 1.31 bits per heavy atom. The lowest BCUT2D eigenvalue weighted by atomic mass is 9.62. The number of morpholine rings is 1. The lowest BCUT2D eigenvalue weighted by molar-refractivity contribution is -0.0683. The van der Waals surface area contributed by atoms with Crippen molar-refractivity contribution in [2.45, 2.75) is 32.4 Å². The fourth-order valence-electron chi connectivity index (χ4n) is 2.44. The smallest absolute Gasteiger partial charge is 0.0594 e. The molecule has 76 valence electrons. The van der Waals surface area contributed by atoms with Crippen LogP contribution in [0.1, 0.15) is 20.3 Å². The van der Waals surface area contributed by atoms with Gasteiger partial charge < -0.3 is 10.5 Å². The molecule has 1 heterocycles. The van der Waals surface area contributed by atoms with E-state index in [-0.39, 0.29) is 0 Å². The first-order valence-electron chi connectivity index (χ1n) is 5.20. The molecule has 2 N–H and O–H groups in total. The van der Waals surface area contributed by atoms with E-state index in [1.165, 1.54) is 0 Å². The summed E-state index contributed by atoms with van der Waals surface area (Å²) in [5.74, 6) is 0. The summed E-state index contributed by atoms with van der Waals surface area (Å²) in [6, 6.07) is 1.08. The Kier molecular flexibility index (Phi) is 2.34. The lowest BCUT2D eigenvalue weighted by Crippen LogP contribution is -2.65. The van der Waals surface area contributed by atoms with Crippen LogP contribution in [0.15, 0.2) is 0 Å². The Morgan fingerprint density at radius 3 is 2.38 bits per heavy atom. The van der Waals surface area contributed by atoms with Gasteiger partial charge in [-0.25, -0.2) is 0 Å². The topological polar surface area (TPSA) is 38.5 Å². The van der Waals surface area contributed by atoms with E-state index in [0.29, 0.717) is 17.5 Å². The molecule has 1 saturated carbocycles. The molecule has 2 rings (SSSR count). The van der Waals surface area contributed by atoms with Gasteiger partial charge in [-0.15, -0.1) is 0 Å². The molecule has 13 heavy (non-hydrogen) atoms. The van der Waals surface area contributed by atoms with Crippen molar-refractivity contribution in [2.24, 2.45) is 11.1 Å². The van der Waals surface area contributed by atoms with Crippen LogP contribution in [0.3, 0.4) is 0 Å². The van der Waals surface area contributed by atoms with Crippen LogP contribution >= 0.6 is 0 Å². The Labute approximate surface area is 80.2 Å². The zero-order valence-electron chi connectivity index (χ0n) is 8.62. The third-order valence-corrected chi connectivity index (χ3v) is 3.78. The predicted molar refractivity (Wildman–Crippen MR) is 52.6 cm³/mol. The van der Waals surface area contributed by atoms with Crippen molar-refractivity contribution in [1.29, 1.82) is 0 Å². The zero-order valence-corrected chi connectivity index (χ0v) is 8.62. The first-order chi connectivity index (χ1) is 6.12. The van der Waals surface area contributed by atoms with Gasteiger partial charge >= 0.3 is 0 Å². The summed E-state index contributed by atoms with van der Waals surface area (Å²) in [6.07, 6.45) is 1.16. The molecule has 1 aliphatic heterocycles. The second-order valence-electron chi connectivity index (χ2n) is 4.83. The average Bonchev–Trinajstić information content (AvgIpc) is 2.15. The van der Waals surface area contributed by atoms with Crippen LogP contribution in [-0.4, -0.2) is 43.3 Å². The number of rotatable bonds is 1. The van der Waals surface area contributed by atoms with Crippen LogP contribution in [0, 0.1) is 5.41 Å². The van der Waals surface area contributed by atoms with Crippen molar-refractivity contribution in [3.05, 3.63) is 0 Å². The highest BCUT2D eigenvalue weighted by atomic mass is 16.5. The van der Waals surface area contributed by atoms with E-state index in [4.69, 9.17) is 10.5 Å². The monoisotopic (exact) mass is 184 g/mol. The number of hydrogen-bond acceptors (Lipinski definition) is 3. The van der Waals surface area contributed by atoms with Crippen LogP contribution in [0.5, 0.6) is 0 Å². The molecule has 0 aromatic rings. The summed E-state index contributed by atoms with van der Waals surface area (Å²) in [5.41, 5.74) is 6.30. The summed E-state index contributed by atoms with van der Waals surface area (Å²) in [4.78, 5) is 2.53. The van der Waals surface area contributed by atoms with Gasteiger partial charge in [-0.2, -0.15) is 0 Å². The molecule has 2 fully saturated rings. The standard InChI is InChI=1S/C10H20N2O/c1-10(2)8(11)7-9(10)12-3-5-13-6-4-12/h8-9H,3-7,11H2,1-2H3/t8-,9+/m1/s1. The van der Waals surface area contributed by atoms with Crippen LogP contribution in [0.4, 0.5) is 0 Å². The molecule has 3 nitrogen and oxygen atoms in total. The van der Waals surface area contributed by atoms with Crippen LogP contribution in [0.2, 0.25) is 0 Å². The molecule has 1 aliphatic carbocycles. The van der Waals surface area contributed by atoms with Gasteiger partial charge in [-0.1, -0.05) is 13.8 Å².